The van der Waals surface area contributed by atoms with E-state index in [2.05, 4.69) is 15.1 Å². The molecule has 0 fully saturated rings. The van der Waals surface area contributed by atoms with Crippen molar-refractivity contribution in [1.82, 2.24) is 9.78 Å². The summed E-state index contributed by atoms with van der Waals surface area (Å²) in [5.41, 5.74) is 2.01. The number of hydrogen-bond acceptors (Lipinski definition) is 4. The molecule has 3 aromatic carbocycles. The number of halogens is 1. The minimum atomic E-state index is -4.03. The van der Waals surface area contributed by atoms with Crippen molar-refractivity contribution in [3.8, 4) is 5.69 Å². The Labute approximate surface area is 190 Å². The van der Waals surface area contributed by atoms with Crippen LogP contribution in [-0.4, -0.2) is 24.1 Å². The summed E-state index contributed by atoms with van der Waals surface area (Å²) in [5, 5.41) is 7.02. The maximum Gasteiger partial charge on any atom is 0.262 e. The van der Waals surface area contributed by atoms with Gasteiger partial charge in [0.05, 0.1) is 22.5 Å². The van der Waals surface area contributed by atoms with Crippen LogP contribution in [0.15, 0.2) is 96.2 Å². The molecule has 9 heteroatoms. The van der Waals surface area contributed by atoms with E-state index in [4.69, 9.17) is 0 Å². The molecule has 1 amide bonds. The van der Waals surface area contributed by atoms with Crippen LogP contribution in [0, 0.1) is 5.82 Å². The summed E-state index contributed by atoms with van der Waals surface area (Å²) in [6.45, 7) is 0. The molecule has 33 heavy (non-hydrogen) atoms. The molecule has 168 valence electrons. The number of nitrogens with zero attached hydrogens (tertiary/aromatic N) is 2. The average molecular weight is 465 g/mol. The molecule has 0 aliphatic rings. The maximum atomic E-state index is 13.8. The molecule has 0 aliphatic heterocycles. The largest absolute Gasteiger partial charge is 0.326 e. The highest BCUT2D eigenvalue weighted by Crippen LogP contribution is 2.21. The molecule has 0 saturated carbocycles. The molecule has 0 bridgehead atoms. The Morgan fingerprint density at radius 2 is 1.73 bits per heavy atom. The van der Waals surface area contributed by atoms with E-state index in [1.165, 1.54) is 36.4 Å². The van der Waals surface area contributed by atoms with Crippen molar-refractivity contribution in [2.45, 2.75) is 17.7 Å². The van der Waals surface area contributed by atoms with Crippen molar-refractivity contribution in [3.63, 3.8) is 0 Å². The van der Waals surface area contributed by atoms with E-state index in [0.29, 0.717) is 12.1 Å². The van der Waals surface area contributed by atoms with E-state index in [0.717, 1.165) is 17.3 Å². The van der Waals surface area contributed by atoms with Gasteiger partial charge in [0.25, 0.3) is 10.0 Å². The number of rotatable bonds is 8. The number of aryl methyl sites for hydroxylation is 1. The number of sulfonamides is 1. The van der Waals surface area contributed by atoms with Crippen LogP contribution in [0.2, 0.25) is 0 Å². The molecule has 1 heterocycles. The van der Waals surface area contributed by atoms with Crippen LogP contribution >= 0.6 is 0 Å². The predicted molar refractivity (Wildman–Crippen MR) is 124 cm³/mol. The van der Waals surface area contributed by atoms with Crippen LogP contribution in [0.5, 0.6) is 0 Å². The lowest BCUT2D eigenvalue weighted by molar-refractivity contribution is -0.116. The predicted octanol–water partition coefficient (Wildman–Crippen LogP) is 4.38. The van der Waals surface area contributed by atoms with Gasteiger partial charge in [0.1, 0.15) is 5.82 Å². The fourth-order valence-corrected chi connectivity index (χ4v) is 4.29. The second-order valence-corrected chi connectivity index (χ2v) is 8.97. The Bertz CT molecular complexity index is 1370. The van der Waals surface area contributed by atoms with Gasteiger partial charge >= 0.3 is 0 Å². The molecule has 4 aromatic rings. The lowest BCUT2D eigenvalue weighted by Gasteiger charge is -2.11. The Hall–Kier alpha value is -3.98. The van der Waals surface area contributed by atoms with Gasteiger partial charge in [0.15, 0.2) is 0 Å². The third kappa shape index (κ3) is 5.64. The van der Waals surface area contributed by atoms with Gasteiger partial charge in [-0.2, -0.15) is 5.10 Å². The Morgan fingerprint density at radius 1 is 0.970 bits per heavy atom. The normalized spacial score (nSPS) is 11.2. The summed E-state index contributed by atoms with van der Waals surface area (Å²) in [6.07, 6.45) is 4.25. The van der Waals surface area contributed by atoms with Gasteiger partial charge < -0.3 is 5.32 Å². The average Bonchev–Trinajstić information content (AvgIpc) is 3.29. The number of para-hydroxylation sites is 2. The summed E-state index contributed by atoms with van der Waals surface area (Å²) in [5.74, 6) is -0.944. The zero-order chi connectivity index (χ0) is 23.3. The molecule has 1 aromatic heterocycles. The second kappa shape index (κ2) is 9.66. The highest BCUT2D eigenvalue weighted by molar-refractivity contribution is 7.92. The molecular weight excluding hydrogens is 443 g/mol. The molecule has 0 aliphatic carbocycles. The molecule has 0 unspecified atom stereocenters. The monoisotopic (exact) mass is 464 g/mol. The third-order valence-electron chi connectivity index (χ3n) is 4.84. The highest BCUT2D eigenvalue weighted by Gasteiger charge is 2.17. The van der Waals surface area contributed by atoms with Gasteiger partial charge in [-0.1, -0.05) is 36.4 Å². The van der Waals surface area contributed by atoms with Gasteiger partial charge in [-0.15, -0.1) is 0 Å². The van der Waals surface area contributed by atoms with Crippen molar-refractivity contribution in [2.24, 2.45) is 0 Å². The quantitative estimate of drug-likeness (QED) is 0.405. The zero-order valence-corrected chi connectivity index (χ0v) is 18.3. The maximum absolute atomic E-state index is 13.8. The SMILES string of the molecule is O=C(CCc1cnn(-c2ccccc2)c1)Nc1cccc(S(=O)(=O)Nc2ccccc2F)c1. The highest BCUT2D eigenvalue weighted by atomic mass is 32.2. The summed E-state index contributed by atoms with van der Waals surface area (Å²) >= 11 is 0. The van der Waals surface area contributed by atoms with Crippen LogP contribution in [-0.2, 0) is 21.2 Å². The number of carbonyl (C=O) groups is 1. The van der Waals surface area contributed by atoms with E-state index >= 15 is 0 Å². The lowest BCUT2D eigenvalue weighted by Crippen LogP contribution is -2.15. The molecule has 4 rings (SSSR count). The van der Waals surface area contributed by atoms with Crippen LogP contribution < -0.4 is 10.0 Å². The molecule has 0 spiro atoms. The summed E-state index contributed by atoms with van der Waals surface area (Å²) in [7, 11) is -4.03. The zero-order valence-electron chi connectivity index (χ0n) is 17.5. The van der Waals surface area contributed by atoms with E-state index in [-0.39, 0.29) is 22.9 Å². The van der Waals surface area contributed by atoms with Gasteiger partial charge in [-0.3, -0.25) is 9.52 Å². The van der Waals surface area contributed by atoms with Crippen LogP contribution in [0.4, 0.5) is 15.8 Å². The first kappa shape index (κ1) is 22.2. The minimum Gasteiger partial charge on any atom is -0.326 e. The van der Waals surface area contributed by atoms with Gasteiger partial charge in [0.2, 0.25) is 5.91 Å². The van der Waals surface area contributed by atoms with Crippen LogP contribution in [0.25, 0.3) is 5.69 Å². The number of anilines is 2. The first-order valence-electron chi connectivity index (χ1n) is 10.2. The van der Waals surface area contributed by atoms with E-state index < -0.39 is 15.8 Å². The first-order valence-corrected chi connectivity index (χ1v) is 11.7. The topological polar surface area (TPSA) is 93.1 Å². The van der Waals surface area contributed by atoms with Gasteiger partial charge in [0, 0.05) is 18.3 Å². The number of benzene rings is 3. The molecule has 0 radical (unpaired) electrons. The number of carbonyl (C=O) groups excluding carboxylic acids is 1. The van der Waals surface area contributed by atoms with Gasteiger partial charge in [-0.05, 0) is 54.4 Å². The summed E-state index contributed by atoms with van der Waals surface area (Å²) in [4.78, 5) is 12.3. The molecule has 7 nitrogen and oxygen atoms in total. The molecule has 0 saturated heterocycles. The number of hydrogen-bond donors (Lipinski definition) is 2. The van der Waals surface area contributed by atoms with Crippen molar-refractivity contribution < 1.29 is 17.6 Å². The number of amides is 1. The fourth-order valence-electron chi connectivity index (χ4n) is 3.18. The molecular formula is C24H21FN4O3S. The Balaban J connectivity index is 1.38. The van der Waals surface area contributed by atoms with E-state index in [9.17, 15) is 17.6 Å². The van der Waals surface area contributed by atoms with Crippen molar-refractivity contribution in [1.29, 1.82) is 0 Å². The van der Waals surface area contributed by atoms with Crippen LogP contribution in [0.3, 0.4) is 0 Å². The van der Waals surface area contributed by atoms with Crippen molar-refractivity contribution in [2.75, 3.05) is 10.0 Å². The smallest absolute Gasteiger partial charge is 0.262 e. The number of nitrogens with one attached hydrogen (secondary N) is 2. The minimum absolute atomic E-state index is 0.0901. The Morgan fingerprint density at radius 3 is 2.52 bits per heavy atom. The fraction of sp³-hybridized carbons (Fsp3) is 0.0833. The molecule has 2 N–H and O–H groups in total. The standard InChI is InChI=1S/C24H21FN4O3S/c25-22-11-4-5-12-23(22)28-33(31,32)21-10-6-7-19(15-21)27-24(30)14-13-18-16-26-29(17-18)20-8-2-1-3-9-20/h1-12,15-17,28H,13-14H2,(H,27,30). The number of aromatic nitrogens is 2. The van der Waals surface area contributed by atoms with Crippen molar-refractivity contribution >= 4 is 27.3 Å². The Kier molecular flexibility index (Phi) is 6.50. The third-order valence-corrected chi connectivity index (χ3v) is 6.21. The van der Waals surface area contributed by atoms with Crippen molar-refractivity contribution in [3.05, 3.63) is 103 Å². The lowest BCUT2D eigenvalue weighted by atomic mass is 10.2. The van der Waals surface area contributed by atoms with Crippen LogP contribution in [0.1, 0.15) is 12.0 Å². The van der Waals surface area contributed by atoms with E-state index in [1.807, 2.05) is 36.5 Å². The van der Waals surface area contributed by atoms with E-state index in [1.54, 1.807) is 16.9 Å². The molecule has 0 atom stereocenters. The first-order chi connectivity index (χ1) is 15.9. The second-order valence-electron chi connectivity index (χ2n) is 7.29. The van der Waals surface area contributed by atoms with Gasteiger partial charge in [-0.25, -0.2) is 17.5 Å². The summed E-state index contributed by atoms with van der Waals surface area (Å²) < 4.78 is 43.0. The summed E-state index contributed by atoms with van der Waals surface area (Å²) in [6, 6.07) is 20.9.